The molecule has 0 spiro atoms. The molecule has 0 aromatic heterocycles. The van der Waals surface area contributed by atoms with Gasteiger partial charge in [0.2, 0.25) is 0 Å². The number of rotatable bonds is 5. The molecule has 2 N–H and O–H groups in total. The number of likely N-dealkylation sites (tertiary alicyclic amines) is 1. The maximum absolute atomic E-state index is 10.3. The Balaban J connectivity index is 1.73. The number of nitrogens with zero attached hydrogens (tertiary/aromatic N) is 1. The number of nitrogens with one attached hydrogen (secondary N) is 1. The van der Waals surface area contributed by atoms with Crippen LogP contribution in [0.25, 0.3) is 0 Å². The summed E-state index contributed by atoms with van der Waals surface area (Å²) in [5.74, 6) is 0.843. The minimum absolute atomic E-state index is 0.0743. The summed E-state index contributed by atoms with van der Waals surface area (Å²) >= 11 is 0. The molecular formula is C17H34N2O2. The molecule has 0 bridgehead atoms. The maximum Gasteiger partial charge on any atom is 0.0791 e. The van der Waals surface area contributed by atoms with Crippen LogP contribution in [0, 0.1) is 5.92 Å². The minimum atomic E-state index is -0.294. The number of β-amino-alcohol motifs (C(OH)–C–C–N with tert-alkyl or cyclic N) is 1. The molecule has 2 aliphatic rings. The Morgan fingerprint density at radius 2 is 1.86 bits per heavy atom. The van der Waals surface area contributed by atoms with Gasteiger partial charge in [0.25, 0.3) is 0 Å². The van der Waals surface area contributed by atoms with Crippen molar-refractivity contribution in [2.45, 2.75) is 77.2 Å². The number of ether oxygens (including phenoxy) is 1. The van der Waals surface area contributed by atoms with E-state index < -0.39 is 0 Å². The molecule has 2 heterocycles. The van der Waals surface area contributed by atoms with Gasteiger partial charge in [0.1, 0.15) is 0 Å². The summed E-state index contributed by atoms with van der Waals surface area (Å²) in [7, 11) is 0. The number of hydrogen-bond donors (Lipinski definition) is 2. The molecule has 2 aliphatic heterocycles. The van der Waals surface area contributed by atoms with Crippen LogP contribution in [0.15, 0.2) is 0 Å². The standard InChI is InChI=1S/C17H34N2O2/c1-13-6-8-19(9-7-13)12-14(20)11-18-15-10-16(2,3)21-17(15,4)5/h13-15,18,20H,6-12H2,1-5H3. The number of aliphatic hydroxyl groups excluding tert-OH is 1. The molecule has 0 aliphatic carbocycles. The van der Waals surface area contributed by atoms with Crippen molar-refractivity contribution in [1.29, 1.82) is 0 Å². The molecule has 0 aromatic rings. The van der Waals surface area contributed by atoms with E-state index in [0.717, 1.165) is 32.0 Å². The van der Waals surface area contributed by atoms with Gasteiger partial charge in [-0.2, -0.15) is 0 Å². The van der Waals surface area contributed by atoms with Gasteiger partial charge in [0.15, 0.2) is 0 Å². The monoisotopic (exact) mass is 298 g/mol. The van der Waals surface area contributed by atoms with E-state index in [9.17, 15) is 5.11 Å². The summed E-state index contributed by atoms with van der Waals surface area (Å²) in [5, 5.41) is 13.8. The van der Waals surface area contributed by atoms with Crippen LogP contribution in [0.2, 0.25) is 0 Å². The summed E-state index contributed by atoms with van der Waals surface area (Å²) in [6, 6.07) is 0.309. The Labute approximate surface area is 130 Å². The molecule has 0 radical (unpaired) electrons. The summed E-state index contributed by atoms with van der Waals surface area (Å²) in [4.78, 5) is 2.40. The molecule has 2 rings (SSSR count). The van der Waals surface area contributed by atoms with Gasteiger partial charge in [-0.05, 0) is 66.0 Å². The van der Waals surface area contributed by atoms with Crippen molar-refractivity contribution in [3.8, 4) is 0 Å². The quantitative estimate of drug-likeness (QED) is 0.815. The molecule has 0 amide bonds. The zero-order valence-electron chi connectivity index (χ0n) is 14.5. The highest BCUT2D eigenvalue weighted by Gasteiger charge is 2.45. The van der Waals surface area contributed by atoms with Crippen molar-refractivity contribution in [2.24, 2.45) is 5.92 Å². The van der Waals surface area contributed by atoms with Crippen molar-refractivity contribution in [3.05, 3.63) is 0 Å². The van der Waals surface area contributed by atoms with Crippen molar-refractivity contribution in [3.63, 3.8) is 0 Å². The summed E-state index contributed by atoms with van der Waals surface area (Å²) < 4.78 is 6.09. The lowest BCUT2D eigenvalue weighted by Gasteiger charge is -2.32. The third kappa shape index (κ3) is 4.92. The van der Waals surface area contributed by atoms with Gasteiger partial charge in [-0.3, -0.25) is 0 Å². The van der Waals surface area contributed by atoms with E-state index in [2.05, 4.69) is 44.8 Å². The van der Waals surface area contributed by atoms with Crippen LogP contribution in [0.3, 0.4) is 0 Å². The Morgan fingerprint density at radius 1 is 1.24 bits per heavy atom. The average Bonchev–Trinajstić information content (AvgIpc) is 2.57. The topological polar surface area (TPSA) is 44.7 Å². The van der Waals surface area contributed by atoms with E-state index in [4.69, 9.17) is 4.74 Å². The zero-order valence-corrected chi connectivity index (χ0v) is 14.5. The molecule has 4 nitrogen and oxygen atoms in total. The second-order valence-electron chi connectivity index (χ2n) is 8.27. The first-order valence-electron chi connectivity index (χ1n) is 8.52. The fourth-order valence-corrected chi connectivity index (χ4v) is 3.77. The third-order valence-electron chi connectivity index (χ3n) is 5.02. The smallest absolute Gasteiger partial charge is 0.0791 e. The predicted octanol–water partition coefficient (Wildman–Crippen LogP) is 2.01. The Bertz CT molecular complexity index is 336. The molecule has 2 fully saturated rings. The van der Waals surface area contributed by atoms with Crippen molar-refractivity contribution < 1.29 is 9.84 Å². The molecule has 2 unspecified atom stereocenters. The van der Waals surface area contributed by atoms with E-state index in [1.165, 1.54) is 12.8 Å². The first-order valence-corrected chi connectivity index (χ1v) is 8.52. The van der Waals surface area contributed by atoms with Gasteiger partial charge in [0.05, 0.1) is 17.3 Å². The van der Waals surface area contributed by atoms with Crippen LogP contribution in [-0.4, -0.2) is 59.5 Å². The number of piperidine rings is 1. The van der Waals surface area contributed by atoms with Crippen LogP contribution in [0.4, 0.5) is 0 Å². The lowest BCUT2D eigenvalue weighted by atomic mass is 9.94. The molecule has 2 atom stereocenters. The average molecular weight is 298 g/mol. The highest BCUT2D eigenvalue weighted by Crippen LogP contribution is 2.37. The van der Waals surface area contributed by atoms with Crippen LogP contribution in [0.5, 0.6) is 0 Å². The Hall–Kier alpha value is -0.160. The van der Waals surface area contributed by atoms with E-state index in [1.807, 2.05) is 0 Å². The van der Waals surface area contributed by atoms with Crippen molar-refractivity contribution in [2.75, 3.05) is 26.2 Å². The van der Waals surface area contributed by atoms with Gasteiger partial charge in [0, 0.05) is 19.1 Å². The normalized spacial score (nSPS) is 31.4. The Kier molecular flexibility index (Phi) is 5.35. The highest BCUT2D eigenvalue weighted by molar-refractivity contribution is 4.99. The molecule has 0 saturated carbocycles. The number of hydrogen-bond acceptors (Lipinski definition) is 4. The van der Waals surface area contributed by atoms with Gasteiger partial charge in [-0.25, -0.2) is 0 Å². The van der Waals surface area contributed by atoms with E-state index >= 15 is 0 Å². The first kappa shape index (κ1) is 17.2. The van der Waals surface area contributed by atoms with Crippen molar-refractivity contribution >= 4 is 0 Å². The Morgan fingerprint density at radius 3 is 2.38 bits per heavy atom. The second kappa shape index (κ2) is 6.53. The molecule has 21 heavy (non-hydrogen) atoms. The minimum Gasteiger partial charge on any atom is -0.390 e. The van der Waals surface area contributed by atoms with Crippen LogP contribution in [0.1, 0.15) is 53.9 Å². The van der Waals surface area contributed by atoms with E-state index in [1.54, 1.807) is 0 Å². The lowest BCUT2D eigenvalue weighted by molar-refractivity contribution is -0.0703. The summed E-state index contributed by atoms with van der Waals surface area (Å²) in [5.41, 5.74) is -0.237. The number of aliphatic hydroxyl groups is 1. The predicted molar refractivity (Wildman–Crippen MR) is 86.5 cm³/mol. The first-order chi connectivity index (χ1) is 9.68. The fourth-order valence-electron chi connectivity index (χ4n) is 3.77. The van der Waals surface area contributed by atoms with Gasteiger partial charge < -0.3 is 20.1 Å². The summed E-state index contributed by atoms with van der Waals surface area (Å²) in [6.45, 7) is 14.6. The maximum atomic E-state index is 10.3. The van der Waals surface area contributed by atoms with Gasteiger partial charge >= 0.3 is 0 Å². The van der Waals surface area contributed by atoms with Crippen LogP contribution < -0.4 is 5.32 Å². The molecule has 2 saturated heterocycles. The third-order valence-corrected chi connectivity index (χ3v) is 5.02. The SMILES string of the molecule is CC1CCN(CC(O)CNC2CC(C)(C)OC2(C)C)CC1. The largest absolute Gasteiger partial charge is 0.390 e. The molecule has 0 aromatic carbocycles. The molecule has 4 heteroatoms. The lowest BCUT2D eigenvalue weighted by Crippen LogP contribution is -2.48. The van der Waals surface area contributed by atoms with E-state index in [-0.39, 0.29) is 17.3 Å². The van der Waals surface area contributed by atoms with E-state index in [0.29, 0.717) is 12.6 Å². The fraction of sp³-hybridized carbons (Fsp3) is 1.00. The van der Waals surface area contributed by atoms with Gasteiger partial charge in [-0.1, -0.05) is 6.92 Å². The van der Waals surface area contributed by atoms with Crippen LogP contribution in [-0.2, 0) is 4.74 Å². The summed E-state index contributed by atoms with van der Waals surface area (Å²) in [6.07, 6.45) is 3.22. The van der Waals surface area contributed by atoms with Crippen LogP contribution >= 0.6 is 0 Å². The van der Waals surface area contributed by atoms with Gasteiger partial charge in [-0.15, -0.1) is 0 Å². The molecule has 124 valence electrons. The zero-order chi connectivity index (χ0) is 15.7. The highest BCUT2D eigenvalue weighted by atomic mass is 16.5. The second-order valence-corrected chi connectivity index (χ2v) is 8.27. The molecular weight excluding hydrogens is 264 g/mol. The van der Waals surface area contributed by atoms with Crippen molar-refractivity contribution in [1.82, 2.24) is 10.2 Å².